The summed E-state index contributed by atoms with van der Waals surface area (Å²) in [6.07, 6.45) is 0. The fourth-order valence-electron chi connectivity index (χ4n) is 3.23. The van der Waals surface area contributed by atoms with Crippen molar-refractivity contribution in [1.82, 2.24) is 0 Å². The minimum Gasteiger partial charge on any atom is -0.349 e. The van der Waals surface area contributed by atoms with Crippen molar-refractivity contribution in [2.45, 2.75) is 6.92 Å². The first-order valence-electron chi connectivity index (χ1n) is 9.74. The number of imide groups is 1. The molecule has 9 heteroatoms. The highest BCUT2D eigenvalue weighted by Crippen LogP contribution is 2.31. The maximum atomic E-state index is 13.9. The average Bonchev–Trinajstić information content (AvgIpc) is 3.00. The van der Waals surface area contributed by atoms with E-state index in [0.717, 1.165) is 4.90 Å². The van der Waals surface area contributed by atoms with E-state index in [1.807, 2.05) is 0 Å². The zero-order chi connectivity index (χ0) is 23.7. The lowest BCUT2D eigenvalue weighted by Gasteiger charge is -2.16. The molecule has 0 spiro atoms. The lowest BCUT2D eigenvalue weighted by Crippen LogP contribution is -2.32. The lowest BCUT2D eigenvalue weighted by molar-refractivity contribution is -0.120. The van der Waals surface area contributed by atoms with Crippen molar-refractivity contribution in [3.8, 4) is 0 Å². The number of halogens is 3. The van der Waals surface area contributed by atoms with Gasteiger partial charge in [0.25, 0.3) is 17.7 Å². The van der Waals surface area contributed by atoms with Crippen molar-refractivity contribution in [2.75, 3.05) is 15.5 Å². The number of anilines is 3. The molecule has 4 rings (SSSR count). The number of carbonyl (C=O) groups is 3. The predicted octanol–water partition coefficient (Wildman–Crippen LogP) is 5.48. The zero-order valence-corrected chi connectivity index (χ0v) is 18.7. The fourth-order valence-corrected chi connectivity index (χ4v) is 3.56. The van der Waals surface area contributed by atoms with E-state index >= 15 is 0 Å². The van der Waals surface area contributed by atoms with Gasteiger partial charge in [-0.3, -0.25) is 14.4 Å². The number of hydrogen-bond donors (Lipinski definition) is 2. The average molecular weight is 484 g/mol. The van der Waals surface area contributed by atoms with E-state index in [1.54, 1.807) is 37.3 Å². The van der Waals surface area contributed by atoms with Crippen LogP contribution in [0.4, 0.5) is 21.5 Å². The minimum atomic E-state index is -0.683. The summed E-state index contributed by atoms with van der Waals surface area (Å²) in [6.45, 7) is 1.76. The monoisotopic (exact) mass is 483 g/mol. The van der Waals surface area contributed by atoms with Gasteiger partial charge in [-0.25, -0.2) is 9.29 Å². The molecule has 0 saturated carbocycles. The number of rotatable bonds is 5. The van der Waals surface area contributed by atoms with Crippen LogP contribution in [0.25, 0.3) is 0 Å². The number of hydrogen-bond acceptors (Lipinski definition) is 4. The van der Waals surface area contributed by atoms with Gasteiger partial charge in [0.05, 0.1) is 11.4 Å². The van der Waals surface area contributed by atoms with Gasteiger partial charge in [-0.2, -0.15) is 0 Å². The van der Waals surface area contributed by atoms with Gasteiger partial charge in [0.2, 0.25) is 0 Å². The van der Waals surface area contributed by atoms with Gasteiger partial charge in [-0.1, -0.05) is 41.4 Å². The van der Waals surface area contributed by atoms with E-state index in [2.05, 4.69) is 10.6 Å². The quantitative estimate of drug-likeness (QED) is 0.471. The number of amides is 3. The molecule has 33 heavy (non-hydrogen) atoms. The molecule has 166 valence electrons. The van der Waals surface area contributed by atoms with Crippen LogP contribution in [0, 0.1) is 12.7 Å². The van der Waals surface area contributed by atoms with Crippen LogP contribution >= 0.6 is 23.2 Å². The van der Waals surface area contributed by atoms with E-state index < -0.39 is 23.5 Å². The normalized spacial score (nSPS) is 13.5. The first-order valence-corrected chi connectivity index (χ1v) is 10.5. The highest BCUT2D eigenvalue weighted by Gasteiger charge is 2.39. The highest BCUT2D eigenvalue weighted by atomic mass is 35.5. The van der Waals surface area contributed by atoms with Crippen LogP contribution in [0.1, 0.15) is 15.9 Å². The van der Waals surface area contributed by atoms with E-state index in [0.29, 0.717) is 22.0 Å². The molecule has 1 aliphatic heterocycles. The molecule has 0 bridgehead atoms. The molecule has 0 saturated heterocycles. The molecule has 6 nitrogen and oxygen atoms in total. The number of para-hydroxylation sites is 1. The molecular formula is C24H16Cl2FN3O3. The third-order valence-electron chi connectivity index (χ3n) is 4.99. The molecule has 0 fully saturated rings. The molecule has 0 aliphatic carbocycles. The first-order chi connectivity index (χ1) is 15.8. The van der Waals surface area contributed by atoms with Crippen LogP contribution in [0.3, 0.4) is 0 Å². The Bertz CT molecular complexity index is 1320. The minimum absolute atomic E-state index is 0.0403. The Kier molecular flexibility index (Phi) is 6.18. The topological polar surface area (TPSA) is 78.5 Å². The Morgan fingerprint density at radius 2 is 1.61 bits per heavy atom. The van der Waals surface area contributed by atoms with Gasteiger partial charge in [0.15, 0.2) is 0 Å². The Morgan fingerprint density at radius 1 is 0.909 bits per heavy atom. The van der Waals surface area contributed by atoms with Crippen molar-refractivity contribution in [3.63, 3.8) is 0 Å². The van der Waals surface area contributed by atoms with Gasteiger partial charge < -0.3 is 10.6 Å². The molecule has 0 radical (unpaired) electrons. The summed E-state index contributed by atoms with van der Waals surface area (Å²) in [6, 6.07) is 16.7. The first kappa shape index (κ1) is 22.5. The van der Waals surface area contributed by atoms with Gasteiger partial charge in [-0.05, 0) is 61.0 Å². The molecule has 0 atom stereocenters. The molecule has 0 unspecified atom stereocenters. The largest absolute Gasteiger partial charge is 0.349 e. The van der Waals surface area contributed by atoms with E-state index in [-0.39, 0.29) is 22.0 Å². The smallest absolute Gasteiger partial charge is 0.283 e. The van der Waals surface area contributed by atoms with Crippen LogP contribution < -0.4 is 15.5 Å². The van der Waals surface area contributed by atoms with Crippen LogP contribution in [-0.4, -0.2) is 17.7 Å². The Hall–Kier alpha value is -3.68. The maximum absolute atomic E-state index is 13.9. The summed E-state index contributed by atoms with van der Waals surface area (Å²) >= 11 is 12.1. The summed E-state index contributed by atoms with van der Waals surface area (Å²) in [5.74, 6) is -2.43. The summed E-state index contributed by atoms with van der Waals surface area (Å²) in [5, 5.41) is 5.55. The molecule has 1 aliphatic rings. The third kappa shape index (κ3) is 4.46. The molecule has 3 aromatic rings. The summed E-state index contributed by atoms with van der Waals surface area (Å²) in [7, 11) is 0. The second-order valence-corrected chi connectivity index (χ2v) is 8.01. The van der Waals surface area contributed by atoms with Crippen molar-refractivity contribution < 1.29 is 18.8 Å². The van der Waals surface area contributed by atoms with Crippen molar-refractivity contribution in [2.24, 2.45) is 0 Å². The molecule has 3 amide bonds. The second kappa shape index (κ2) is 9.05. The summed E-state index contributed by atoms with van der Waals surface area (Å²) < 4.78 is 13.9. The number of nitrogens with zero attached hydrogens (tertiary/aromatic N) is 1. The Balaban J connectivity index is 1.59. The molecule has 1 heterocycles. The number of aryl methyl sites for hydroxylation is 1. The number of nitrogens with one attached hydrogen (secondary N) is 2. The van der Waals surface area contributed by atoms with Crippen LogP contribution in [0.15, 0.2) is 77.5 Å². The predicted molar refractivity (Wildman–Crippen MR) is 126 cm³/mol. The lowest BCUT2D eigenvalue weighted by atomic mass is 10.1. The SMILES string of the molecule is Cc1ccc(C(=O)Nc2ccccc2F)cc1NC1=C(Cl)C(=O)N(c2ccc(Cl)cc2)C1=O. The van der Waals surface area contributed by atoms with Crippen molar-refractivity contribution in [1.29, 1.82) is 0 Å². The van der Waals surface area contributed by atoms with Gasteiger partial charge in [0, 0.05) is 16.3 Å². The highest BCUT2D eigenvalue weighted by molar-refractivity contribution is 6.53. The van der Waals surface area contributed by atoms with E-state index in [9.17, 15) is 18.8 Å². The molecule has 2 N–H and O–H groups in total. The second-order valence-electron chi connectivity index (χ2n) is 7.20. The van der Waals surface area contributed by atoms with Crippen LogP contribution in [-0.2, 0) is 9.59 Å². The fraction of sp³-hybridized carbons (Fsp3) is 0.0417. The van der Waals surface area contributed by atoms with E-state index in [4.69, 9.17) is 23.2 Å². The van der Waals surface area contributed by atoms with Gasteiger partial charge in [0.1, 0.15) is 16.5 Å². The molecule has 0 aromatic heterocycles. The van der Waals surface area contributed by atoms with E-state index in [1.165, 1.54) is 36.4 Å². The summed E-state index contributed by atoms with van der Waals surface area (Å²) in [5.41, 5.74) is 1.54. The van der Waals surface area contributed by atoms with Crippen molar-refractivity contribution in [3.05, 3.63) is 99.4 Å². The van der Waals surface area contributed by atoms with Gasteiger partial charge >= 0.3 is 0 Å². The number of carbonyl (C=O) groups excluding carboxylic acids is 3. The third-order valence-corrected chi connectivity index (χ3v) is 5.60. The standard InChI is InChI=1S/C24H16Cl2FN3O3/c1-13-6-7-14(22(31)29-18-5-3-2-4-17(18)27)12-19(13)28-21-20(26)23(32)30(24(21)33)16-10-8-15(25)9-11-16/h2-12,28H,1H3,(H,29,31). The Morgan fingerprint density at radius 3 is 2.30 bits per heavy atom. The molecule has 3 aromatic carbocycles. The molecular weight excluding hydrogens is 468 g/mol. The summed E-state index contributed by atoms with van der Waals surface area (Å²) in [4.78, 5) is 39.2. The number of benzene rings is 3. The Labute approximate surface area is 198 Å². The maximum Gasteiger partial charge on any atom is 0.283 e. The van der Waals surface area contributed by atoms with Crippen LogP contribution in [0.2, 0.25) is 5.02 Å². The van der Waals surface area contributed by atoms with Crippen LogP contribution in [0.5, 0.6) is 0 Å². The zero-order valence-electron chi connectivity index (χ0n) is 17.2. The van der Waals surface area contributed by atoms with Gasteiger partial charge in [-0.15, -0.1) is 0 Å². The van der Waals surface area contributed by atoms with Crippen molar-refractivity contribution >= 4 is 58.0 Å².